The average Bonchev–Trinajstić information content (AvgIpc) is 2.75. The molecule has 0 aliphatic carbocycles. The highest BCUT2D eigenvalue weighted by Gasteiger charge is 2.46. The van der Waals surface area contributed by atoms with Crippen molar-refractivity contribution >= 4 is 39.4 Å². The van der Waals surface area contributed by atoms with Gasteiger partial charge in [0.2, 0.25) is 0 Å². The van der Waals surface area contributed by atoms with Crippen LogP contribution in [-0.2, 0) is 4.79 Å². The molecule has 0 spiro atoms. The molecule has 0 bridgehead atoms. The summed E-state index contributed by atoms with van der Waals surface area (Å²) in [6.07, 6.45) is 1.16. The van der Waals surface area contributed by atoms with E-state index in [9.17, 15) is 14.7 Å². The minimum atomic E-state index is -1.13. The monoisotopic (exact) mass is 345 g/mol. The Morgan fingerprint density at radius 1 is 1.47 bits per heavy atom. The van der Waals surface area contributed by atoms with E-state index in [2.05, 4.69) is 15.9 Å². The highest BCUT2D eigenvalue weighted by atomic mass is 79.9. The van der Waals surface area contributed by atoms with E-state index in [4.69, 9.17) is 11.6 Å². The number of hydrogen-bond donors (Lipinski definition) is 1. The van der Waals surface area contributed by atoms with Crippen LogP contribution in [0, 0.1) is 0 Å². The summed E-state index contributed by atoms with van der Waals surface area (Å²) in [5.74, 6) is -1.27. The van der Waals surface area contributed by atoms with E-state index in [1.165, 1.54) is 4.90 Å². The summed E-state index contributed by atoms with van der Waals surface area (Å²) in [4.78, 5) is 25.2. The lowest BCUT2D eigenvalue weighted by Crippen LogP contribution is -2.50. The third-order valence-electron chi connectivity index (χ3n) is 3.51. The van der Waals surface area contributed by atoms with Crippen LogP contribution in [0.25, 0.3) is 0 Å². The summed E-state index contributed by atoms with van der Waals surface area (Å²) in [5.41, 5.74) is -0.723. The Kier molecular flexibility index (Phi) is 3.87. The quantitative estimate of drug-likeness (QED) is 0.895. The Morgan fingerprint density at radius 3 is 2.74 bits per heavy atom. The number of rotatable bonds is 2. The topological polar surface area (TPSA) is 57.6 Å². The molecule has 1 aliphatic heterocycles. The number of carboxylic acid groups (broad SMARTS) is 1. The van der Waals surface area contributed by atoms with Gasteiger partial charge in [-0.05, 0) is 53.9 Å². The first-order chi connectivity index (χ1) is 8.86. The van der Waals surface area contributed by atoms with Crippen LogP contribution in [0.1, 0.15) is 30.1 Å². The van der Waals surface area contributed by atoms with E-state index < -0.39 is 11.5 Å². The lowest BCUT2D eigenvalue weighted by atomic mass is 9.98. The molecule has 0 saturated carbocycles. The fraction of sp³-hybridized carbons (Fsp3) is 0.385. The fourth-order valence-corrected chi connectivity index (χ4v) is 2.72. The van der Waals surface area contributed by atoms with Crippen LogP contribution in [0.5, 0.6) is 0 Å². The lowest BCUT2D eigenvalue weighted by molar-refractivity contribution is -0.147. The molecule has 1 amide bonds. The molecular formula is C13H13BrClNO3. The molecule has 1 aromatic carbocycles. The smallest absolute Gasteiger partial charge is 0.329 e. The predicted molar refractivity (Wildman–Crippen MR) is 75.5 cm³/mol. The van der Waals surface area contributed by atoms with Crippen molar-refractivity contribution in [1.82, 2.24) is 4.90 Å². The molecule has 1 aliphatic rings. The second-order valence-corrected chi connectivity index (χ2v) is 6.03. The van der Waals surface area contributed by atoms with E-state index in [0.29, 0.717) is 34.4 Å². The van der Waals surface area contributed by atoms with E-state index in [-0.39, 0.29) is 5.91 Å². The number of nitrogens with zero attached hydrogens (tertiary/aromatic N) is 1. The van der Waals surface area contributed by atoms with Gasteiger partial charge in [0, 0.05) is 16.6 Å². The number of carbonyl (C=O) groups excluding carboxylic acids is 1. The zero-order valence-electron chi connectivity index (χ0n) is 10.3. The van der Waals surface area contributed by atoms with Crippen LogP contribution in [-0.4, -0.2) is 34.0 Å². The number of benzene rings is 1. The lowest BCUT2D eigenvalue weighted by Gasteiger charge is -2.31. The maximum Gasteiger partial charge on any atom is 0.329 e. The van der Waals surface area contributed by atoms with Crippen molar-refractivity contribution in [3.63, 3.8) is 0 Å². The van der Waals surface area contributed by atoms with Gasteiger partial charge in [-0.25, -0.2) is 4.79 Å². The van der Waals surface area contributed by atoms with Gasteiger partial charge in [-0.3, -0.25) is 4.79 Å². The van der Waals surface area contributed by atoms with Crippen molar-refractivity contribution in [3.05, 3.63) is 33.3 Å². The second kappa shape index (κ2) is 5.13. The average molecular weight is 347 g/mol. The number of likely N-dealkylation sites (tertiary alicyclic amines) is 1. The maximum atomic E-state index is 12.4. The van der Waals surface area contributed by atoms with E-state index in [1.807, 2.05) is 0 Å². The molecular weight excluding hydrogens is 334 g/mol. The van der Waals surface area contributed by atoms with Gasteiger partial charge < -0.3 is 10.0 Å². The number of amides is 1. The predicted octanol–water partition coefficient (Wildman–Crippen LogP) is 3.18. The van der Waals surface area contributed by atoms with Crippen molar-refractivity contribution in [3.8, 4) is 0 Å². The SMILES string of the molecule is CC1(C(=O)O)CCCN1C(=O)c1ccc(Br)c(Cl)c1. The summed E-state index contributed by atoms with van der Waals surface area (Å²) < 4.78 is 0.702. The van der Waals surface area contributed by atoms with E-state index in [1.54, 1.807) is 25.1 Å². The molecule has 0 aromatic heterocycles. The van der Waals surface area contributed by atoms with E-state index >= 15 is 0 Å². The molecule has 2 rings (SSSR count). The Hall–Kier alpha value is -1.07. The molecule has 6 heteroatoms. The minimum Gasteiger partial charge on any atom is -0.480 e. The summed E-state index contributed by atoms with van der Waals surface area (Å²) in [6, 6.07) is 4.87. The van der Waals surface area contributed by atoms with Crippen LogP contribution < -0.4 is 0 Å². The molecule has 4 nitrogen and oxygen atoms in total. The number of carbonyl (C=O) groups is 2. The largest absolute Gasteiger partial charge is 0.480 e. The highest BCUT2D eigenvalue weighted by Crippen LogP contribution is 2.32. The molecule has 0 radical (unpaired) electrons. The van der Waals surface area contributed by atoms with Crippen molar-refractivity contribution in [2.45, 2.75) is 25.3 Å². The highest BCUT2D eigenvalue weighted by molar-refractivity contribution is 9.10. The van der Waals surface area contributed by atoms with Crippen LogP contribution in [0.2, 0.25) is 5.02 Å². The van der Waals surface area contributed by atoms with Crippen molar-refractivity contribution in [2.24, 2.45) is 0 Å². The number of hydrogen-bond acceptors (Lipinski definition) is 2. The summed E-state index contributed by atoms with van der Waals surface area (Å²) in [6.45, 7) is 2.04. The normalized spacial score (nSPS) is 22.6. The molecule has 1 aromatic rings. The van der Waals surface area contributed by atoms with E-state index in [0.717, 1.165) is 0 Å². The van der Waals surface area contributed by atoms with Crippen LogP contribution in [0.15, 0.2) is 22.7 Å². The molecule has 1 saturated heterocycles. The maximum absolute atomic E-state index is 12.4. The Bertz CT molecular complexity index is 549. The van der Waals surface area contributed by atoms with Crippen LogP contribution in [0.3, 0.4) is 0 Å². The molecule has 1 fully saturated rings. The van der Waals surface area contributed by atoms with Gasteiger partial charge in [-0.2, -0.15) is 0 Å². The first-order valence-electron chi connectivity index (χ1n) is 5.86. The molecule has 1 N–H and O–H groups in total. The molecule has 1 heterocycles. The van der Waals surface area contributed by atoms with Gasteiger partial charge in [0.1, 0.15) is 5.54 Å². The molecule has 1 atom stereocenters. The van der Waals surface area contributed by atoms with Crippen molar-refractivity contribution < 1.29 is 14.7 Å². The van der Waals surface area contributed by atoms with Gasteiger partial charge in [0.05, 0.1) is 5.02 Å². The van der Waals surface area contributed by atoms with Crippen LogP contribution >= 0.6 is 27.5 Å². The standard InChI is InChI=1S/C13H13BrClNO3/c1-13(12(18)19)5-2-6-16(13)11(17)8-3-4-9(14)10(15)7-8/h3-4,7H,2,5-6H2,1H3,(H,18,19). The first-order valence-corrected chi connectivity index (χ1v) is 7.04. The molecule has 19 heavy (non-hydrogen) atoms. The van der Waals surface area contributed by atoms with Gasteiger partial charge in [-0.15, -0.1) is 0 Å². The van der Waals surface area contributed by atoms with Gasteiger partial charge in [0.15, 0.2) is 0 Å². The van der Waals surface area contributed by atoms with Gasteiger partial charge >= 0.3 is 5.97 Å². The van der Waals surface area contributed by atoms with Gasteiger partial charge in [-0.1, -0.05) is 11.6 Å². The molecule has 102 valence electrons. The van der Waals surface area contributed by atoms with Crippen LogP contribution in [0.4, 0.5) is 0 Å². The second-order valence-electron chi connectivity index (χ2n) is 4.77. The zero-order valence-corrected chi connectivity index (χ0v) is 12.7. The van der Waals surface area contributed by atoms with Crippen molar-refractivity contribution in [1.29, 1.82) is 0 Å². The fourth-order valence-electron chi connectivity index (χ4n) is 2.30. The molecule has 1 unspecified atom stereocenters. The van der Waals surface area contributed by atoms with Crippen molar-refractivity contribution in [2.75, 3.05) is 6.54 Å². The number of aliphatic carboxylic acids is 1. The zero-order chi connectivity index (χ0) is 14.2. The number of carboxylic acids is 1. The minimum absolute atomic E-state index is 0.295. The third kappa shape index (κ3) is 2.49. The Balaban J connectivity index is 2.33. The summed E-state index contributed by atoms with van der Waals surface area (Å²) >= 11 is 9.22. The first kappa shape index (κ1) is 14.3. The Labute approximate surface area is 124 Å². The Morgan fingerprint density at radius 2 is 2.16 bits per heavy atom. The summed E-state index contributed by atoms with van der Waals surface area (Å²) in [7, 11) is 0. The van der Waals surface area contributed by atoms with Gasteiger partial charge in [0.25, 0.3) is 5.91 Å². The third-order valence-corrected chi connectivity index (χ3v) is 4.75. The number of halogens is 2. The summed E-state index contributed by atoms with van der Waals surface area (Å²) in [5, 5.41) is 9.74.